The lowest BCUT2D eigenvalue weighted by Gasteiger charge is -1.93. The van der Waals surface area contributed by atoms with Crippen LogP contribution in [0, 0.1) is 0 Å². The van der Waals surface area contributed by atoms with Crippen molar-refractivity contribution < 1.29 is 5.11 Å². The first-order valence-corrected chi connectivity index (χ1v) is 4.66. The number of benzene rings is 1. The van der Waals surface area contributed by atoms with Gasteiger partial charge in [0.2, 0.25) is 0 Å². The Balaban J connectivity index is 2.91. The maximum atomic E-state index is 9.38. The van der Waals surface area contributed by atoms with Crippen molar-refractivity contribution in [2.75, 3.05) is 0 Å². The maximum absolute atomic E-state index is 9.38. The Labute approximate surface area is 75.6 Å². The number of aromatic nitrogens is 1. The number of phenolic OH excluding ortho intramolecular Hbond substituents is 1. The Morgan fingerprint density at radius 2 is 2.27 bits per heavy atom. The molecule has 1 aromatic heterocycles. The van der Waals surface area contributed by atoms with E-state index < -0.39 is 0 Å². The molecule has 1 N–H and O–H groups in total. The number of rotatable bonds is 0. The lowest BCUT2D eigenvalue weighted by Crippen LogP contribution is -1.69. The third-order valence-electron chi connectivity index (χ3n) is 1.38. The molecule has 4 heteroatoms. The summed E-state index contributed by atoms with van der Waals surface area (Å²) in [5.74, 6) is 0.289. The number of thiazole rings is 1. The zero-order valence-electron chi connectivity index (χ0n) is 5.41. The molecular weight excluding hydrogens is 226 g/mol. The average molecular weight is 230 g/mol. The minimum absolute atomic E-state index is 0.289. The summed E-state index contributed by atoms with van der Waals surface area (Å²) < 4.78 is 1.70. The maximum Gasteiger partial charge on any atom is 0.136 e. The van der Waals surface area contributed by atoms with Gasteiger partial charge in [0.15, 0.2) is 0 Å². The number of halogens is 1. The number of aromatic hydroxyl groups is 1. The lowest BCUT2D eigenvalue weighted by atomic mass is 10.3. The predicted octanol–water partition coefficient (Wildman–Crippen LogP) is 2.76. The molecule has 0 saturated heterocycles. The van der Waals surface area contributed by atoms with Crippen molar-refractivity contribution in [2.45, 2.75) is 0 Å². The topological polar surface area (TPSA) is 33.1 Å². The summed E-state index contributed by atoms with van der Waals surface area (Å²) in [7, 11) is 0. The van der Waals surface area contributed by atoms with Gasteiger partial charge in [0, 0.05) is 4.47 Å². The fourth-order valence-electron chi connectivity index (χ4n) is 0.918. The average Bonchev–Trinajstić information content (AvgIpc) is 2.34. The van der Waals surface area contributed by atoms with Gasteiger partial charge >= 0.3 is 0 Å². The Morgan fingerprint density at radius 3 is 3.09 bits per heavy atom. The van der Waals surface area contributed by atoms with E-state index in [0.717, 1.165) is 14.7 Å². The van der Waals surface area contributed by atoms with Gasteiger partial charge in [-0.05, 0) is 12.1 Å². The molecule has 0 aliphatic carbocycles. The van der Waals surface area contributed by atoms with Crippen molar-refractivity contribution >= 4 is 37.5 Å². The molecule has 0 bridgehead atoms. The normalized spacial score (nSPS) is 10.6. The molecule has 1 aromatic carbocycles. The monoisotopic (exact) mass is 229 g/mol. The summed E-state index contributed by atoms with van der Waals surface area (Å²) in [5, 5.41) is 9.38. The first kappa shape index (κ1) is 7.06. The van der Waals surface area contributed by atoms with Crippen LogP contribution in [0.15, 0.2) is 22.1 Å². The van der Waals surface area contributed by atoms with Gasteiger partial charge in [-0.1, -0.05) is 15.9 Å². The van der Waals surface area contributed by atoms with E-state index in [9.17, 15) is 5.11 Å². The smallest absolute Gasteiger partial charge is 0.136 e. The molecule has 0 aliphatic heterocycles. The zero-order valence-corrected chi connectivity index (χ0v) is 7.82. The number of fused-ring (bicyclic) bond motifs is 1. The van der Waals surface area contributed by atoms with Crippen LogP contribution in [-0.2, 0) is 0 Å². The SMILES string of the molecule is Oc1cc(Br)cc2ncsc12. The molecule has 0 amide bonds. The van der Waals surface area contributed by atoms with E-state index >= 15 is 0 Å². The quantitative estimate of drug-likeness (QED) is 0.754. The van der Waals surface area contributed by atoms with E-state index in [1.54, 1.807) is 11.6 Å². The summed E-state index contributed by atoms with van der Waals surface area (Å²) in [6.45, 7) is 0. The van der Waals surface area contributed by atoms with Gasteiger partial charge in [-0.2, -0.15) is 0 Å². The van der Waals surface area contributed by atoms with E-state index in [1.165, 1.54) is 11.3 Å². The van der Waals surface area contributed by atoms with Crippen molar-refractivity contribution in [3.05, 3.63) is 22.1 Å². The molecule has 0 unspecified atom stereocenters. The third kappa shape index (κ3) is 1.12. The van der Waals surface area contributed by atoms with Crippen LogP contribution in [0.2, 0.25) is 0 Å². The van der Waals surface area contributed by atoms with E-state index in [0.29, 0.717) is 0 Å². The van der Waals surface area contributed by atoms with Crippen LogP contribution in [0.4, 0.5) is 0 Å². The highest BCUT2D eigenvalue weighted by atomic mass is 79.9. The van der Waals surface area contributed by atoms with Crippen molar-refractivity contribution in [3.63, 3.8) is 0 Å². The third-order valence-corrected chi connectivity index (χ3v) is 2.70. The Kier molecular flexibility index (Phi) is 1.58. The summed E-state index contributed by atoms with van der Waals surface area (Å²) in [5.41, 5.74) is 2.55. The first-order valence-electron chi connectivity index (χ1n) is 2.99. The second-order valence-electron chi connectivity index (χ2n) is 2.13. The van der Waals surface area contributed by atoms with Gasteiger partial charge in [-0.15, -0.1) is 11.3 Å². The van der Waals surface area contributed by atoms with Crippen molar-refractivity contribution in [2.24, 2.45) is 0 Å². The fraction of sp³-hybridized carbons (Fsp3) is 0. The molecule has 0 saturated carbocycles. The standard InChI is InChI=1S/C7H4BrNOS/c8-4-1-5-7(6(10)2-4)11-3-9-5/h1-3,10H. The molecular formula is C7H4BrNOS. The van der Waals surface area contributed by atoms with Crippen LogP contribution in [0.1, 0.15) is 0 Å². The number of phenols is 1. The van der Waals surface area contributed by atoms with Gasteiger partial charge in [-0.25, -0.2) is 4.98 Å². The molecule has 0 radical (unpaired) electrons. The molecule has 0 fully saturated rings. The minimum atomic E-state index is 0.289. The minimum Gasteiger partial charge on any atom is -0.506 e. The second kappa shape index (κ2) is 2.46. The highest BCUT2D eigenvalue weighted by Gasteiger charge is 2.02. The summed E-state index contributed by atoms with van der Waals surface area (Å²) >= 11 is 4.71. The number of hydrogen-bond donors (Lipinski definition) is 1. The first-order chi connectivity index (χ1) is 5.27. The highest BCUT2D eigenvalue weighted by Crippen LogP contribution is 2.30. The highest BCUT2D eigenvalue weighted by molar-refractivity contribution is 9.10. The van der Waals surface area contributed by atoms with Crippen LogP contribution in [0.5, 0.6) is 5.75 Å². The van der Waals surface area contributed by atoms with Crippen molar-refractivity contribution in [1.29, 1.82) is 0 Å². The van der Waals surface area contributed by atoms with Crippen LogP contribution < -0.4 is 0 Å². The fourth-order valence-corrected chi connectivity index (χ4v) is 2.04. The van der Waals surface area contributed by atoms with Crippen LogP contribution in [0.3, 0.4) is 0 Å². The summed E-state index contributed by atoms with van der Waals surface area (Å²) in [6, 6.07) is 3.55. The Hall–Kier alpha value is -0.610. The molecule has 2 aromatic rings. The molecule has 1 heterocycles. The van der Waals surface area contributed by atoms with Gasteiger partial charge in [0.05, 0.1) is 15.7 Å². The Morgan fingerprint density at radius 1 is 1.45 bits per heavy atom. The molecule has 56 valence electrons. The second-order valence-corrected chi connectivity index (χ2v) is 3.90. The van der Waals surface area contributed by atoms with Gasteiger partial charge in [0.1, 0.15) is 5.75 Å². The van der Waals surface area contributed by atoms with E-state index in [4.69, 9.17) is 0 Å². The molecule has 2 nitrogen and oxygen atoms in total. The largest absolute Gasteiger partial charge is 0.506 e. The lowest BCUT2D eigenvalue weighted by molar-refractivity contribution is 0.482. The van der Waals surface area contributed by atoms with Crippen molar-refractivity contribution in [3.8, 4) is 5.75 Å². The Bertz CT molecular complexity index is 398. The van der Waals surface area contributed by atoms with Crippen LogP contribution >= 0.6 is 27.3 Å². The predicted molar refractivity (Wildman–Crippen MR) is 49.0 cm³/mol. The van der Waals surface area contributed by atoms with E-state index in [2.05, 4.69) is 20.9 Å². The van der Waals surface area contributed by atoms with Crippen molar-refractivity contribution in [1.82, 2.24) is 4.98 Å². The molecule has 0 spiro atoms. The van der Waals surface area contributed by atoms with Crippen LogP contribution in [0.25, 0.3) is 10.2 Å². The summed E-state index contributed by atoms with van der Waals surface area (Å²) in [4.78, 5) is 4.07. The number of hydrogen-bond acceptors (Lipinski definition) is 3. The summed E-state index contributed by atoms with van der Waals surface area (Å²) in [6.07, 6.45) is 0. The van der Waals surface area contributed by atoms with Crippen LogP contribution in [-0.4, -0.2) is 10.1 Å². The zero-order chi connectivity index (χ0) is 7.84. The molecule has 2 rings (SSSR count). The molecule has 0 aliphatic rings. The van der Waals surface area contributed by atoms with E-state index in [1.807, 2.05) is 6.07 Å². The van der Waals surface area contributed by atoms with Gasteiger partial charge < -0.3 is 5.11 Å². The van der Waals surface area contributed by atoms with Gasteiger partial charge in [-0.3, -0.25) is 0 Å². The van der Waals surface area contributed by atoms with Gasteiger partial charge in [0.25, 0.3) is 0 Å². The molecule has 11 heavy (non-hydrogen) atoms. The van der Waals surface area contributed by atoms with E-state index in [-0.39, 0.29) is 5.75 Å². The molecule has 0 atom stereocenters. The number of nitrogens with zero attached hydrogens (tertiary/aromatic N) is 1.